The number of nitrogens with two attached hydrogens (primary N) is 1. The van der Waals surface area contributed by atoms with Crippen molar-refractivity contribution >= 4 is 16.7 Å². The van der Waals surface area contributed by atoms with Gasteiger partial charge in [0.05, 0.1) is 24.2 Å². The normalized spacial score (nSPS) is 19.9. The number of benzene rings is 1. The Morgan fingerprint density at radius 3 is 2.75 bits per heavy atom. The van der Waals surface area contributed by atoms with E-state index in [0.717, 1.165) is 0 Å². The molecule has 1 aromatic carbocycles. The van der Waals surface area contributed by atoms with Crippen LogP contribution in [0.1, 0.15) is 24.2 Å². The van der Waals surface area contributed by atoms with Gasteiger partial charge in [-0.25, -0.2) is 4.98 Å². The van der Waals surface area contributed by atoms with Crippen LogP contribution in [-0.2, 0) is 0 Å². The molecule has 0 saturated carbocycles. The largest absolute Gasteiger partial charge is 0.490 e. The summed E-state index contributed by atoms with van der Waals surface area (Å²) in [6.45, 7) is 3.60. The van der Waals surface area contributed by atoms with Gasteiger partial charge in [0.1, 0.15) is 5.75 Å². The lowest BCUT2D eigenvalue weighted by molar-refractivity contribution is -0.181. The minimum Gasteiger partial charge on any atom is -0.490 e. The standard InChI is InChI=1S/C19H22F3N3O3/c1-10(2)28-16-6-13-11(5-14(16)17(23)26)3-4-25-18(13)27-9-12-7-24-8-15(12)19(20,21)22/h3-6,10,12,15,24H,7-9H2,1-2H3,(H2,23,26)/t12-,15?/m1/s1. The highest BCUT2D eigenvalue weighted by Crippen LogP contribution is 2.36. The fourth-order valence-corrected chi connectivity index (χ4v) is 3.31. The van der Waals surface area contributed by atoms with E-state index in [0.29, 0.717) is 10.8 Å². The Balaban J connectivity index is 1.90. The van der Waals surface area contributed by atoms with E-state index in [-0.39, 0.29) is 43.0 Å². The molecular weight excluding hydrogens is 375 g/mol. The Labute approximate surface area is 160 Å². The molecule has 1 aliphatic heterocycles. The van der Waals surface area contributed by atoms with Crippen molar-refractivity contribution in [3.63, 3.8) is 0 Å². The molecule has 9 heteroatoms. The molecule has 3 N–H and O–H groups in total. The third kappa shape index (κ3) is 4.30. The zero-order chi connectivity index (χ0) is 20.5. The van der Waals surface area contributed by atoms with Gasteiger partial charge in [0.15, 0.2) is 0 Å². The van der Waals surface area contributed by atoms with Crippen LogP contribution in [0, 0.1) is 11.8 Å². The van der Waals surface area contributed by atoms with Crippen LogP contribution in [0.25, 0.3) is 10.8 Å². The second-order valence-electron chi connectivity index (χ2n) is 7.09. The molecule has 2 heterocycles. The number of halogens is 3. The number of hydrogen-bond acceptors (Lipinski definition) is 5. The van der Waals surface area contributed by atoms with E-state index in [9.17, 15) is 18.0 Å². The number of carbonyl (C=O) groups is 1. The molecule has 1 fully saturated rings. The van der Waals surface area contributed by atoms with Gasteiger partial charge in [-0.05, 0) is 37.4 Å². The monoisotopic (exact) mass is 397 g/mol. The highest BCUT2D eigenvalue weighted by Gasteiger charge is 2.47. The van der Waals surface area contributed by atoms with Crippen molar-refractivity contribution in [2.24, 2.45) is 17.6 Å². The molecule has 28 heavy (non-hydrogen) atoms. The first-order valence-corrected chi connectivity index (χ1v) is 8.96. The first-order chi connectivity index (χ1) is 13.2. The van der Waals surface area contributed by atoms with Crippen LogP contribution >= 0.6 is 0 Å². The maximum absolute atomic E-state index is 13.1. The van der Waals surface area contributed by atoms with E-state index in [1.165, 1.54) is 6.20 Å². The Morgan fingerprint density at radius 2 is 2.11 bits per heavy atom. The minimum absolute atomic E-state index is 0.116. The zero-order valence-electron chi connectivity index (χ0n) is 15.5. The molecule has 0 bridgehead atoms. The van der Waals surface area contributed by atoms with E-state index in [1.807, 2.05) is 0 Å². The Morgan fingerprint density at radius 1 is 1.36 bits per heavy atom. The van der Waals surface area contributed by atoms with Crippen molar-refractivity contribution in [3.05, 3.63) is 30.0 Å². The highest BCUT2D eigenvalue weighted by molar-refractivity contribution is 6.01. The molecule has 3 rings (SSSR count). The summed E-state index contributed by atoms with van der Waals surface area (Å²) in [7, 11) is 0. The third-order valence-corrected chi connectivity index (χ3v) is 4.65. The van der Waals surface area contributed by atoms with Gasteiger partial charge < -0.3 is 20.5 Å². The number of carbonyl (C=O) groups excluding carboxylic acids is 1. The van der Waals surface area contributed by atoms with E-state index < -0.39 is 23.9 Å². The molecule has 0 radical (unpaired) electrons. The van der Waals surface area contributed by atoms with E-state index in [4.69, 9.17) is 15.2 Å². The molecule has 1 unspecified atom stereocenters. The highest BCUT2D eigenvalue weighted by atomic mass is 19.4. The number of hydrogen-bond donors (Lipinski definition) is 2. The second-order valence-corrected chi connectivity index (χ2v) is 7.09. The number of alkyl halides is 3. The molecule has 152 valence electrons. The van der Waals surface area contributed by atoms with Gasteiger partial charge in [0, 0.05) is 30.6 Å². The van der Waals surface area contributed by atoms with Crippen LogP contribution in [0.5, 0.6) is 11.6 Å². The summed E-state index contributed by atoms with van der Waals surface area (Å²) in [4.78, 5) is 15.9. The molecular formula is C19H22F3N3O3. The SMILES string of the molecule is CC(C)Oc1cc2c(OC[C@H]3CNCC3C(F)(F)F)nccc2cc1C(N)=O. The van der Waals surface area contributed by atoms with Crippen molar-refractivity contribution in [1.29, 1.82) is 0 Å². The maximum atomic E-state index is 13.1. The van der Waals surface area contributed by atoms with Crippen LogP contribution in [0.2, 0.25) is 0 Å². The topological polar surface area (TPSA) is 86.5 Å². The van der Waals surface area contributed by atoms with Crippen LogP contribution in [0.3, 0.4) is 0 Å². The Kier molecular flexibility index (Phi) is 5.64. The van der Waals surface area contributed by atoms with Gasteiger partial charge in [-0.15, -0.1) is 0 Å². The second kappa shape index (κ2) is 7.83. The van der Waals surface area contributed by atoms with Crippen LogP contribution in [0.15, 0.2) is 24.4 Å². The zero-order valence-corrected chi connectivity index (χ0v) is 15.5. The maximum Gasteiger partial charge on any atom is 0.393 e. The van der Waals surface area contributed by atoms with Crippen molar-refractivity contribution in [2.45, 2.75) is 26.1 Å². The number of aromatic nitrogens is 1. The fraction of sp³-hybridized carbons (Fsp3) is 0.474. The molecule has 1 aromatic heterocycles. The summed E-state index contributed by atoms with van der Waals surface area (Å²) < 4.78 is 50.7. The summed E-state index contributed by atoms with van der Waals surface area (Å²) >= 11 is 0. The quantitative estimate of drug-likeness (QED) is 0.783. The lowest BCUT2D eigenvalue weighted by Gasteiger charge is -2.21. The van der Waals surface area contributed by atoms with Crippen molar-refractivity contribution in [1.82, 2.24) is 10.3 Å². The predicted molar refractivity (Wildman–Crippen MR) is 97.4 cm³/mol. The van der Waals surface area contributed by atoms with Gasteiger partial charge in [-0.3, -0.25) is 4.79 Å². The summed E-state index contributed by atoms with van der Waals surface area (Å²) in [6.07, 6.45) is -3.01. The number of rotatable bonds is 6. The Bertz CT molecular complexity index is 871. The van der Waals surface area contributed by atoms with E-state index in [1.54, 1.807) is 32.0 Å². The van der Waals surface area contributed by atoms with Crippen molar-refractivity contribution < 1.29 is 27.4 Å². The van der Waals surface area contributed by atoms with Crippen LogP contribution < -0.4 is 20.5 Å². The number of amides is 1. The van der Waals surface area contributed by atoms with E-state index >= 15 is 0 Å². The van der Waals surface area contributed by atoms with Gasteiger partial charge in [0.2, 0.25) is 5.88 Å². The molecule has 1 aliphatic rings. The average Bonchev–Trinajstić information content (AvgIpc) is 3.07. The van der Waals surface area contributed by atoms with Gasteiger partial charge in [-0.1, -0.05) is 0 Å². The Hall–Kier alpha value is -2.55. The molecule has 6 nitrogen and oxygen atoms in total. The summed E-state index contributed by atoms with van der Waals surface area (Å²) in [6, 6.07) is 4.83. The summed E-state index contributed by atoms with van der Waals surface area (Å²) in [5, 5.41) is 3.93. The fourth-order valence-electron chi connectivity index (χ4n) is 3.31. The number of ether oxygens (including phenoxy) is 2. The summed E-state index contributed by atoms with van der Waals surface area (Å²) in [5.74, 6) is -2.32. The first-order valence-electron chi connectivity index (χ1n) is 8.96. The molecule has 1 saturated heterocycles. The number of pyridine rings is 1. The number of nitrogens with zero attached hydrogens (tertiary/aromatic N) is 1. The molecule has 0 aliphatic carbocycles. The summed E-state index contributed by atoms with van der Waals surface area (Å²) in [5.41, 5.74) is 5.66. The van der Waals surface area contributed by atoms with Crippen molar-refractivity contribution in [2.75, 3.05) is 19.7 Å². The van der Waals surface area contributed by atoms with Gasteiger partial charge in [0.25, 0.3) is 5.91 Å². The van der Waals surface area contributed by atoms with E-state index in [2.05, 4.69) is 10.3 Å². The average molecular weight is 397 g/mol. The van der Waals surface area contributed by atoms with Gasteiger partial charge in [-0.2, -0.15) is 13.2 Å². The first kappa shape index (κ1) is 20.2. The molecule has 1 amide bonds. The number of primary amides is 1. The van der Waals surface area contributed by atoms with Crippen molar-refractivity contribution in [3.8, 4) is 11.6 Å². The smallest absolute Gasteiger partial charge is 0.393 e. The minimum atomic E-state index is -4.28. The third-order valence-electron chi connectivity index (χ3n) is 4.65. The van der Waals surface area contributed by atoms with Gasteiger partial charge >= 0.3 is 6.18 Å². The number of fused-ring (bicyclic) bond motifs is 1. The lowest BCUT2D eigenvalue weighted by Crippen LogP contribution is -2.32. The number of nitrogens with one attached hydrogen (secondary N) is 1. The molecule has 2 aromatic rings. The molecule has 2 atom stereocenters. The predicted octanol–water partition coefficient (Wildman–Crippen LogP) is 2.90. The van der Waals surface area contributed by atoms with Crippen LogP contribution in [-0.4, -0.2) is 42.9 Å². The molecule has 0 spiro atoms. The van der Waals surface area contributed by atoms with Crippen LogP contribution in [0.4, 0.5) is 13.2 Å². The lowest BCUT2D eigenvalue weighted by atomic mass is 9.96.